The number of benzene rings is 1. The molecule has 1 amide bonds. The van der Waals surface area contributed by atoms with Crippen molar-refractivity contribution >= 4 is 23.3 Å². The van der Waals surface area contributed by atoms with Crippen LogP contribution in [0.3, 0.4) is 0 Å². The molecule has 3 rings (SSSR count). The van der Waals surface area contributed by atoms with Gasteiger partial charge in [-0.05, 0) is 43.0 Å². The van der Waals surface area contributed by atoms with Gasteiger partial charge < -0.3 is 9.64 Å². The number of carbonyl (C=O) groups is 1. The molecule has 4 nitrogen and oxygen atoms in total. The molecule has 0 unspecified atom stereocenters. The van der Waals surface area contributed by atoms with E-state index in [1.165, 1.54) is 0 Å². The summed E-state index contributed by atoms with van der Waals surface area (Å²) in [4.78, 5) is 16.2. The van der Waals surface area contributed by atoms with Crippen LogP contribution in [0, 0.1) is 0 Å². The van der Waals surface area contributed by atoms with Crippen molar-refractivity contribution < 1.29 is 9.53 Å². The SMILES string of the molecule is C=C(c1cccc(Cl)c1)[C@@H]1CC[C@H]2CN(C(=O)OCC)CCN21. The summed E-state index contributed by atoms with van der Waals surface area (Å²) in [5, 5.41) is 0.741. The van der Waals surface area contributed by atoms with Crippen molar-refractivity contribution in [2.24, 2.45) is 0 Å². The number of hydrogen-bond acceptors (Lipinski definition) is 3. The fourth-order valence-corrected chi connectivity index (χ4v) is 3.88. The Morgan fingerprint density at radius 1 is 1.39 bits per heavy atom. The lowest BCUT2D eigenvalue weighted by molar-refractivity contribution is 0.0616. The van der Waals surface area contributed by atoms with E-state index in [1.54, 1.807) is 0 Å². The minimum Gasteiger partial charge on any atom is -0.450 e. The first-order chi connectivity index (χ1) is 11.1. The van der Waals surface area contributed by atoms with Gasteiger partial charge in [0.05, 0.1) is 6.61 Å². The van der Waals surface area contributed by atoms with Crippen LogP contribution in [0.1, 0.15) is 25.3 Å². The van der Waals surface area contributed by atoms with Crippen LogP contribution in [-0.4, -0.2) is 54.2 Å². The Bertz CT molecular complexity index is 604. The van der Waals surface area contributed by atoms with E-state index < -0.39 is 0 Å². The standard InChI is InChI=1S/C18H23ClN2O2/c1-3-23-18(22)20-9-10-21-16(12-20)7-8-17(21)13(2)14-5-4-6-15(19)11-14/h4-6,11,16-17H,2-3,7-10,12H2,1H3/t16-,17-/m0/s1. The highest BCUT2D eigenvalue weighted by Gasteiger charge is 2.40. The van der Waals surface area contributed by atoms with Crippen LogP contribution in [0.25, 0.3) is 5.57 Å². The normalized spacial score (nSPS) is 24.3. The number of ether oxygens (including phenoxy) is 1. The molecule has 0 aromatic heterocycles. The molecule has 0 radical (unpaired) electrons. The second kappa shape index (κ2) is 6.93. The molecule has 0 N–H and O–H groups in total. The predicted molar refractivity (Wildman–Crippen MR) is 92.6 cm³/mol. The van der Waals surface area contributed by atoms with Crippen molar-refractivity contribution in [1.29, 1.82) is 0 Å². The summed E-state index contributed by atoms with van der Waals surface area (Å²) in [6.07, 6.45) is 1.97. The van der Waals surface area contributed by atoms with Gasteiger partial charge in [-0.15, -0.1) is 0 Å². The smallest absolute Gasteiger partial charge is 0.409 e. The van der Waals surface area contributed by atoms with Crippen molar-refractivity contribution in [3.63, 3.8) is 0 Å². The topological polar surface area (TPSA) is 32.8 Å². The Morgan fingerprint density at radius 2 is 2.22 bits per heavy atom. The predicted octanol–water partition coefficient (Wildman–Crippen LogP) is 3.66. The number of halogens is 1. The van der Waals surface area contributed by atoms with E-state index >= 15 is 0 Å². The summed E-state index contributed by atoms with van der Waals surface area (Å²) >= 11 is 6.10. The maximum Gasteiger partial charge on any atom is 0.409 e. The molecule has 0 saturated carbocycles. The molecule has 0 bridgehead atoms. The van der Waals surface area contributed by atoms with Gasteiger partial charge in [-0.2, -0.15) is 0 Å². The third-order valence-corrected chi connectivity index (χ3v) is 5.06. The van der Waals surface area contributed by atoms with Gasteiger partial charge in [0, 0.05) is 36.7 Å². The average molecular weight is 335 g/mol. The van der Waals surface area contributed by atoms with Crippen LogP contribution >= 0.6 is 11.6 Å². The molecule has 0 spiro atoms. The number of hydrogen-bond donors (Lipinski definition) is 0. The molecule has 2 fully saturated rings. The lowest BCUT2D eigenvalue weighted by Crippen LogP contribution is -2.54. The van der Waals surface area contributed by atoms with Gasteiger partial charge in [-0.1, -0.05) is 30.3 Å². The zero-order valence-electron chi connectivity index (χ0n) is 13.5. The summed E-state index contributed by atoms with van der Waals surface area (Å²) in [5.41, 5.74) is 2.23. The van der Waals surface area contributed by atoms with Crippen molar-refractivity contribution in [1.82, 2.24) is 9.80 Å². The zero-order chi connectivity index (χ0) is 16.4. The van der Waals surface area contributed by atoms with Gasteiger partial charge in [-0.25, -0.2) is 4.79 Å². The zero-order valence-corrected chi connectivity index (χ0v) is 14.3. The first-order valence-electron chi connectivity index (χ1n) is 8.22. The average Bonchev–Trinajstić information content (AvgIpc) is 2.97. The van der Waals surface area contributed by atoms with Gasteiger partial charge >= 0.3 is 6.09 Å². The molecule has 1 aromatic carbocycles. The molecular formula is C18H23ClN2O2. The molecule has 23 heavy (non-hydrogen) atoms. The van der Waals surface area contributed by atoms with Gasteiger partial charge in [0.1, 0.15) is 0 Å². The largest absolute Gasteiger partial charge is 0.450 e. The fourth-order valence-electron chi connectivity index (χ4n) is 3.69. The van der Waals surface area contributed by atoms with E-state index in [0.29, 0.717) is 25.2 Å². The van der Waals surface area contributed by atoms with Gasteiger partial charge in [0.2, 0.25) is 0 Å². The maximum atomic E-state index is 11.9. The monoisotopic (exact) mass is 334 g/mol. The fraction of sp³-hybridized carbons (Fsp3) is 0.500. The molecule has 2 saturated heterocycles. The summed E-state index contributed by atoms with van der Waals surface area (Å²) in [7, 11) is 0. The summed E-state index contributed by atoms with van der Waals surface area (Å²) in [6.45, 7) is 8.92. The van der Waals surface area contributed by atoms with Crippen molar-refractivity contribution in [2.75, 3.05) is 26.2 Å². The number of fused-ring (bicyclic) bond motifs is 1. The highest BCUT2D eigenvalue weighted by atomic mass is 35.5. The van der Waals surface area contributed by atoms with Crippen LogP contribution in [0.15, 0.2) is 30.8 Å². The molecule has 2 heterocycles. The highest BCUT2D eigenvalue weighted by molar-refractivity contribution is 6.30. The van der Waals surface area contributed by atoms with E-state index in [4.69, 9.17) is 16.3 Å². The Balaban J connectivity index is 1.67. The first kappa shape index (κ1) is 16.3. The number of rotatable bonds is 3. The summed E-state index contributed by atoms with van der Waals surface area (Å²) < 4.78 is 5.12. The molecule has 5 heteroatoms. The number of amides is 1. The quantitative estimate of drug-likeness (QED) is 0.845. The Labute approximate surface area is 142 Å². The van der Waals surface area contributed by atoms with Crippen LogP contribution in [-0.2, 0) is 4.74 Å². The second-order valence-electron chi connectivity index (χ2n) is 6.17. The molecule has 124 valence electrons. The van der Waals surface area contributed by atoms with Crippen LogP contribution in [0.5, 0.6) is 0 Å². The van der Waals surface area contributed by atoms with Crippen LogP contribution in [0.4, 0.5) is 4.79 Å². The Hall–Kier alpha value is -1.52. The second-order valence-corrected chi connectivity index (χ2v) is 6.60. The third-order valence-electron chi connectivity index (χ3n) is 4.83. The van der Waals surface area contributed by atoms with Crippen molar-refractivity contribution in [3.8, 4) is 0 Å². The van der Waals surface area contributed by atoms with Gasteiger partial charge in [0.25, 0.3) is 0 Å². The molecular weight excluding hydrogens is 312 g/mol. The summed E-state index contributed by atoms with van der Waals surface area (Å²) in [6, 6.07) is 8.63. The van der Waals surface area contributed by atoms with E-state index in [0.717, 1.165) is 42.1 Å². The molecule has 2 aliphatic rings. The van der Waals surface area contributed by atoms with Crippen LogP contribution in [0.2, 0.25) is 5.02 Å². The van der Waals surface area contributed by atoms with Crippen molar-refractivity contribution in [2.45, 2.75) is 31.8 Å². The van der Waals surface area contributed by atoms with Gasteiger partial charge in [0.15, 0.2) is 0 Å². The molecule has 2 atom stereocenters. The lowest BCUT2D eigenvalue weighted by Gasteiger charge is -2.40. The third kappa shape index (κ3) is 3.38. The van der Waals surface area contributed by atoms with Gasteiger partial charge in [-0.3, -0.25) is 4.90 Å². The molecule has 2 aliphatic heterocycles. The molecule has 1 aromatic rings. The highest BCUT2D eigenvalue weighted by Crippen LogP contribution is 2.35. The number of nitrogens with zero attached hydrogens (tertiary/aromatic N) is 2. The lowest BCUT2D eigenvalue weighted by atomic mass is 9.98. The van der Waals surface area contributed by atoms with E-state index in [2.05, 4.69) is 17.5 Å². The van der Waals surface area contributed by atoms with Crippen molar-refractivity contribution in [3.05, 3.63) is 41.4 Å². The van der Waals surface area contributed by atoms with E-state index in [1.807, 2.05) is 30.0 Å². The minimum absolute atomic E-state index is 0.190. The number of piperazine rings is 1. The Morgan fingerprint density at radius 3 is 2.96 bits per heavy atom. The minimum atomic E-state index is -0.190. The first-order valence-corrected chi connectivity index (χ1v) is 8.60. The maximum absolute atomic E-state index is 11.9. The van der Waals surface area contributed by atoms with E-state index in [-0.39, 0.29) is 6.09 Å². The Kier molecular flexibility index (Phi) is 4.93. The van der Waals surface area contributed by atoms with E-state index in [9.17, 15) is 4.79 Å². The van der Waals surface area contributed by atoms with Crippen LogP contribution < -0.4 is 0 Å². The molecule has 0 aliphatic carbocycles. The number of carbonyl (C=O) groups excluding carboxylic acids is 1. The summed E-state index contributed by atoms with van der Waals surface area (Å²) in [5.74, 6) is 0.